The Morgan fingerprint density at radius 1 is 1.47 bits per heavy atom. The first-order valence-electron chi connectivity index (χ1n) is 6.52. The molecule has 19 heavy (non-hydrogen) atoms. The lowest BCUT2D eigenvalue weighted by Gasteiger charge is -2.16. The van der Waals surface area contributed by atoms with Crippen LogP contribution in [0.1, 0.15) is 12.0 Å². The van der Waals surface area contributed by atoms with E-state index < -0.39 is 6.61 Å². The highest BCUT2D eigenvalue weighted by Gasteiger charge is 2.23. The standard InChI is InChI=1S/C14H19FN2O2/c15-13-4-2-1-3-12(13)9-17-6-5-11(8-17)7-16-14(19)10-18/h1-4,11,18H,5-10H2,(H,16,19)/t11-/m1/s1. The van der Waals surface area contributed by atoms with E-state index in [2.05, 4.69) is 10.2 Å². The van der Waals surface area contributed by atoms with Gasteiger partial charge in [-0.2, -0.15) is 0 Å². The lowest BCUT2D eigenvalue weighted by atomic mass is 10.1. The Bertz CT molecular complexity index is 439. The largest absolute Gasteiger partial charge is 0.387 e. The van der Waals surface area contributed by atoms with Gasteiger partial charge in [0, 0.05) is 25.2 Å². The molecule has 1 fully saturated rings. The molecular weight excluding hydrogens is 247 g/mol. The normalized spacial score (nSPS) is 19.6. The first-order chi connectivity index (χ1) is 9.19. The van der Waals surface area contributed by atoms with Gasteiger partial charge in [0.25, 0.3) is 0 Å². The topological polar surface area (TPSA) is 52.6 Å². The van der Waals surface area contributed by atoms with Gasteiger partial charge in [-0.25, -0.2) is 4.39 Å². The van der Waals surface area contributed by atoms with E-state index in [9.17, 15) is 9.18 Å². The van der Waals surface area contributed by atoms with Crippen molar-refractivity contribution >= 4 is 5.91 Å². The minimum Gasteiger partial charge on any atom is -0.387 e. The average molecular weight is 266 g/mol. The Morgan fingerprint density at radius 3 is 3.00 bits per heavy atom. The Labute approximate surface area is 112 Å². The number of carbonyl (C=O) groups excluding carboxylic acids is 1. The molecule has 4 nitrogen and oxygen atoms in total. The van der Waals surface area contributed by atoms with Crippen LogP contribution < -0.4 is 5.32 Å². The summed E-state index contributed by atoms with van der Waals surface area (Å²) in [4.78, 5) is 13.2. The van der Waals surface area contributed by atoms with Crippen LogP contribution in [-0.4, -0.2) is 42.2 Å². The summed E-state index contributed by atoms with van der Waals surface area (Å²) in [5.41, 5.74) is 0.711. The summed E-state index contributed by atoms with van der Waals surface area (Å²) in [6.07, 6.45) is 0.986. The number of carbonyl (C=O) groups is 1. The molecule has 0 aromatic heterocycles. The maximum atomic E-state index is 13.5. The van der Waals surface area contributed by atoms with E-state index in [4.69, 9.17) is 5.11 Å². The van der Waals surface area contributed by atoms with Crippen LogP contribution in [0.4, 0.5) is 4.39 Å². The van der Waals surface area contributed by atoms with Crippen LogP contribution in [0.2, 0.25) is 0 Å². The predicted molar refractivity (Wildman–Crippen MR) is 69.9 cm³/mol. The number of hydrogen-bond donors (Lipinski definition) is 2. The minimum absolute atomic E-state index is 0.167. The van der Waals surface area contributed by atoms with Crippen LogP contribution in [0.5, 0.6) is 0 Å². The van der Waals surface area contributed by atoms with E-state index in [1.807, 2.05) is 6.07 Å². The summed E-state index contributed by atoms with van der Waals surface area (Å²) in [7, 11) is 0. The molecule has 1 atom stereocenters. The summed E-state index contributed by atoms with van der Waals surface area (Å²) in [5, 5.41) is 11.3. The number of likely N-dealkylation sites (tertiary alicyclic amines) is 1. The van der Waals surface area contributed by atoms with Crippen molar-refractivity contribution in [3.05, 3.63) is 35.6 Å². The summed E-state index contributed by atoms with van der Waals surface area (Å²) in [5.74, 6) is -0.130. The van der Waals surface area contributed by atoms with Gasteiger partial charge in [-0.1, -0.05) is 18.2 Å². The Kier molecular flexibility index (Phi) is 4.87. The van der Waals surface area contributed by atoms with Gasteiger partial charge < -0.3 is 10.4 Å². The van der Waals surface area contributed by atoms with E-state index in [1.54, 1.807) is 12.1 Å². The lowest BCUT2D eigenvalue weighted by molar-refractivity contribution is -0.123. The highest BCUT2D eigenvalue weighted by Crippen LogP contribution is 2.19. The quantitative estimate of drug-likeness (QED) is 0.827. The predicted octanol–water partition coefficient (Wildman–Crippen LogP) is 0.756. The molecule has 1 aromatic rings. The average Bonchev–Trinajstić information content (AvgIpc) is 2.86. The molecule has 1 saturated heterocycles. The molecule has 0 bridgehead atoms. The highest BCUT2D eigenvalue weighted by molar-refractivity contribution is 5.76. The maximum absolute atomic E-state index is 13.5. The molecule has 0 saturated carbocycles. The molecule has 0 spiro atoms. The zero-order valence-electron chi connectivity index (χ0n) is 10.8. The zero-order valence-corrected chi connectivity index (χ0v) is 10.8. The van der Waals surface area contributed by atoms with Crippen LogP contribution in [-0.2, 0) is 11.3 Å². The SMILES string of the molecule is O=C(CO)NC[C@H]1CCN(Cc2ccccc2F)C1. The van der Waals surface area contributed by atoms with Crippen molar-refractivity contribution in [1.29, 1.82) is 0 Å². The fraction of sp³-hybridized carbons (Fsp3) is 0.500. The van der Waals surface area contributed by atoms with Gasteiger partial charge in [0.15, 0.2) is 0 Å². The van der Waals surface area contributed by atoms with Gasteiger partial charge in [-0.05, 0) is 24.9 Å². The second kappa shape index (κ2) is 6.63. The van der Waals surface area contributed by atoms with E-state index in [-0.39, 0.29) is 11.7 Å². The number of rotatable bonds is 5. The van der Waals surface area contributed by atoms with Crippen molar-refractivity contribution in [2.45, 2.75) is 13.0 Å². The molecule has 1 aliphatic heterocycles. The number of hydrogen-bond acceptors (Lipinski definition) is 3. The number of halogens is 1. The zero-order chi connectivity index (χ0) is 13.7. The summed E-state index contributed by atoms with van der Waals surface area (Å²) >= 11 is 0. The van der Waals surface area contributed by atoms with Crippen molar-refractivity contribution < 1.29 is 14.3 Å². The van der Waals surface area contributed by atoms with Gasteiger partial charge in [0.1, 0.15) is 12.4 Å². The van der Waals surface area contributed by atoms with Crippen LogP contribution in [0.15, 0.2) is 24.3 Å². The number of aliphatic hydroxyl groups excluding tert-OH is 1. The fourth-order valence-electron chi connectivity index (χ4n) is 2.40. The number of amides is 1. The van der Waals surface area contributed by atoms with Gasteiger partial charge in [-0.3, -0.25) is 9.69 Å². The van der Waals surface area contributed by atoms with E-state index in [0.717, 1.165) is 19.5 Å². The van der Waals surface area contributed by atoms with Gasteiger partial charge in [0.2, 0.25) is 5.91 Å². The van der Waals surface area contributed by atoms with Gasteiger partial charge >= 0.3 is 0 Å². The highest BCUT2D eigenvalue weighted by atomic mass is 19.1. The molecule has 104 valence electrons. The van der Waals surface area contributed by atoms with Crippen molar-refractivity contribution in [1.82, 2.24) is 10.2 Å². The molecule has 0 unspecified atom stereocenters. The van der Waals surface area contributed by atoms with Crippen molar-refractivity contribution in [2.75, 3.05) is 26.2 Å². The Balaban J connectivity index is 1.79. The van der Waals surface area contributed by atoms with Crippen LogP contribution >= 0.6 is 0 Å². The number of benzene rings is 1. The van der Waals surface area contributed by atoms with Gasteiger partial charge in [-0.15, -0.1) is 0 Å². The third kappa shape index (κ3) is 4.01. The molecule has 1 heterocycles. The first kappa shape index (κ1) is 14.0. The molecule has 0 radical (unpaired) electrons. The number of nitrogens with zero attached hydrogens (tertiary/aromatic N) is 1. The smallest absolute Gasteiger partial charge is 0.245 e. The third-order valence-electron chi connectivity index (χ3n) is 3.45. The molecule has 1 amide bonds. The van der Waals surface area contributed by atoms with E-state index in [1.165, 1.54) is 6.07 Å². The second-order valence-corrected chi connectivity index (χ2v) is 4.94. The molecular formula is C14H19FN2O2. The molecule has 2 rings (SSSR count). The summed E-state index contributed by atoms with van der Waals surface area (Å²) in [6, 6.07) is 6.81. The second-order valence-electron chi connectivity index (χ2n) is 4.94. The number of nitrogens with one attached hydrogen (secondary N) is 1. The molecule has 2 N–H and O–H groups in total. The number of aliphatic hydroxyl groups is 1. The van der Waals surface area contributed by atoms with Crippen LogP contribution in [0.3, 0.4) is 0 Å². The van der Waals surface area contributed by atoms with Gasteiger partial charge in [0.05, 0.1) is 0 Å². The van der Waals surface area contributed by atoms with Crippen molar-refractivity contribution in [3.63, 3.8) is 0 Å². The van der Waals surface area contributed by atoms with Crippen LogP contribution in [0, 0.1) is 11.7 Å². The molecule has 5 heteroatoms. The lowest BCUT2D eigenvalue weighted by Crippen LogP contribution is -2.32. The molecule has 0 aliphatic carbocycles. The Hall–Kier alpha value is -1.46. The molecule has 1 aliphatic rings. The Morgan fingerprint density at radius 2 is 2.26 bits per heavy atom. The van der Waals surface area contributed by atoms with E-state index in [0.29, 0.717) is 24.6 Å². The monoisotopic (exact) mass is 266 g/mol. The fourth-order valence-corrected chi connectivity index (χ4v) is 2.40. The van der Waals surface area contributed by atoms with Crippen molar-refractivity contribution in [3.8, 4) is 0 Å². The summed E-state index contributed by atoms with van der Waals surface area (Å²) in [6.45, 7) is 2.48. The van der Waals surface area contributed by atoms with E-state index >= 15 is 0 Å². The summed E-state index contributed by atoms with van der Waals surface area (Å²) < 4.78 is 13.5. The van der Waals surface area contributed by atoms with Crippen molar-refractivity contribution in [2.24, 2.45) is 5.92 Å². The maximum Gasteiger partial charge on any atom is 0.245 e. The minimum atomic E-state index is -0.467. The first-order valence-corrected chi connectivity index (χ1v) is 6.52. The third-order valence-corrected chi connectivity index (χ3v) is 3.45. The van der Waals surface area contributed by atoms with Crippen LogP contribution in [0.25, 0.3) is 0 Å². The molecule has 1 aromatic carbocycles.